The minimum Gasteiger partial charge on any atom is -0.469 e. The van der Waals surface area contributed by atoms with Gasteiger partial charge >= 0.3 is 27.3 Å². The molecule has 2 heterocycles. The number of carbonyl (C=O) groups excluding carboxylic acids is 4. The molecule has 9 rings (SSSR count). The highest BCUT2D eigenvalue weighted by molar-refractivity contribution is 7.88. The number of ketones is 2. The number of halogens is 3. The molecule has 0 aliphatic heterocycles. The summed E-state index contributed by atoms with van der Waals surface area (Å²) in [6.07, 6.45) is 57.6. The Labute approximate surface area is 926 Å². The van der Waals surface area contributed by atoms with Crippen molar-refractivity contribution in [2.75, 3.05) is 40.1 Å². The number of aliphatic hydroxyl groups excluding tert-OH is 2. The number of imidazole rings is 2. The molecule has 3 saturated carbocycles. The van der Waals surface area contributed by atoms with Gasteiger partial charge in [0, 0.05) is 82.5 Å². The molecule has 2 aromatic heterocycles. The average molecular weight is 2230 g/mol. The second kappa shape index (κ2) is 77.7. The van der Waals surface area contributed by atoms with E-state index in [1.807, 2.05) is 6.20 Å². The van der Waals surface area contributed by atoms with Crippen molar-refractivity contribution in [3.05, 3.63) is 87.2 Å². The number of hydrogen-bond donors (Lipinski definition) is 5. The number of carbonyl (C=O) groups is 4. The number of methoxy groups -OCH3 is 1. The van der Waals surface area contributed by atoms with Crippen LogP contribution in [0.15, 0.2) is 70.1 Å². The van der Waals surface area contributed by atoms with Crippen molar-refractivity contribution in [3.8, 4) is 24.7 Å². The van der Waals surface area contributed by atoms with Gasteiger partial charge in [0.25, 0.3) is 0 Å². The van der Waals surface area contributed by atoms with Crippen LogP contribution < -0.4 is 5.69 Å². The van der Waals surface area contributed by atoms with Gasteiger partial charge in [0.2, 0.25) is 8.32 Å². The summed E-state index contributed by atoms with van der Waals surface area (Å²) in [6.45, 7) is 72.2. The van der Waals surface area contributed by atoms with Crippen LogP contribution in [0.2, 0.25) is 83.1 Å². The molecule has 0 amide bonds. The largest absolute Gasteiger partial charge is 0.522 e. The quantitative estimate of drug-likeness (QED) is 0.0103. The predicted octanol–water partition coefficient (Wildman–Crippen LogP) is 35.6. The molecule has 7 aliphatic rings. The molecule has 0 bridgehead atoms. The Morgan fingerprint density at radius 1 is 0.453 bits per heavy atom. The number of aromatic amines is 3. The van der Waals surface area contributed by atoms with Gasteiger partial charge in [-0.15, -0.1) is 12.8 Å². The number of aldehydes is 1. The first-order chi connectivity index (χ1) is 66.9. The van der Waals surface area contributed by atoms with E-state index >= 15 is 0 Å². The van der Waals surface area contributed by atoms with Gasteiger partial charge in [-0.3, -0.25) is 19.2 Å². The summed E-state index contributed by atoms with van der Waals surface area (Å²) >= 11 is 0. The van der Waals surface area contributed by atoms with Crippen LogP contribution in [0, 0.1) is 72.0 Å². The molecular formula is C122H235F3N4O15SSi5. The lowest BCUT2D eigenvalue weighted by molar-refractivity contribution is -0.152. The third-order valence-electron chi connectivity index (χ3n) is 33.1. The van der Waals surface area contributed by atoms with Crippen molar-refractivity contribution in [1.29, 1.82) is 0 Å². The molecule has 7 unspecified atom stereocenters. The van der Waals surface area contributed by atoms with E-state index in [2.05, 4.69) is 229 Å². The standard InChI is InChI=1S/C19H38O4Si.C19H34OSi.C18H34O2Si.C17H34O2Si.C12H18N2O.C12H14N2.C10H21F3O3SSi.C8H14O2.7CH4/c1-13(2)24(14(3)4,15(5)6)23-11-10-16-8-9-18(20)17(12-16)19(21)22-7;1-8-18-10-9-11-19(14-18)12-13-20-21(15(2)3,16(4)5)17(6)7;1-14(2)21(15(3)4,16(5)6)20-11-10-17-8-7-9-18(12-17)13-19;1-13(2)20(14(3)4,15(5)6)19-12-11-16-7-9-17(18)10-8-16;1-2-9-4-3-5-10(6-9)7-11-8-13-12(15)14-11;1-2-10-4-3-5-11(6-10)7-12-8-13-9-14-12;1-7(2)18(8(3)4,9(5)6)16-17(14,15)10(11,12)13;9-6-5-7-1-3-8(10)4-2-7;;;;;;;/h13-18,20H,8-12H2,1-7H3;1,10,15-17,19H,9,11-14H2,2-7H3;9,13-17H,7-8,10-12H2,1-6H3;13-16H,7-12H2,1-6H3;4,8,10H,2-3,5-7H2,1H3,(H2,13,14,15);1,4,8-9,11H,3,5-7H2,(H,13,14);7-9H,1-6H3;7,9H,1-6H2;7*1H4. The molecule has 2 aromatic rings. The van der Waals surface area contributed by atoms with Gasteiger partial charge in [0.05, 0.1) is 25.5 Å². The minimum absolute atomic E-state index is 0. The van der Waals surface area contributed by atoms with E-state index in [0.717, 1.165) is 191 Å². The number of Topliss-reactive ketones (excluding diaryl/α,β-unsaturated/α-hetero) is 2. The maximum Gasteiger partial charge on any atom is 0.522 e. The Balaban J connectivity index is -0.000000396. The fourth-order valence-corrected chi connectivity index (χ4v) is 55.9. The van der Waals surface area contributed by atoms with Crippen LogP contribution in [0.25, 0.3) is 0 Å². The normalized spacial score (nSPS) is 19.5. The molecule has 7 aliphatic carbocycles. The SMILES string of the molecule is C.C.C.C.C.C.C.C#CC1=CCCC(CCO[Si](C(C)C)(C(C)C)C(C)C)C1.C#CC1=CCCC(Cc2cnc[nH]2)C1.CC(C)[Si](OCCC1CCC(=O)CC1)(C(C)C)C(C)C.CC(C)[Si](OCCC1CCC=C(C=O)C1)(C(C)C)C(C)C.CC(C)[Si](OS(=O)(=O)C(F)(F)F)(C(C)C)C(C)C.CCC1=CCCC(Cc2c[nH]c(=O)[nH]2)C1.COC(=O)C1CC(CCO[Si](C(C)C)(C(C)C)C(C)C)CCC1O.O=C1CCC(CCO)CC1. The monoisotopic (exact) mass is 2230 g/mol. The Morgan fingerprint density at radius 3 is 1.11 bits per heavy atom. The molecule has 880 valence electrons. The van der Waals surface area contributed by atoms with E-state index < -0.39 is 63.3 Å². The number of H-pyrrole nitrogens is 3. The van der Waals surface area contributed by atoms with Crippen molar-refractivity contribution < 1.29 is 77.3 Å². The number of aliphatic hydroxyl groups is 2. The van der Waals surface area contributed by atoms with Gasteiger partial charge in [-0.2, -0.15) is 21.6 Å². The van der Waals surface area contributed by atoms with Crippen LogP contribution in [0.1, 0.15) is 464 Å². The summed E-state index contributed by atoms with van der Waals surface area (Å²) in [4.78, 5) is 68.3. The predicted molar refractivity (Wildman–Crippen MR) is 648 cm³/mol. The number of terminal acetylenes is 2. The third kappa shape index (κ3) is 49.4. The second-order valence-corrected chi connectivity index (χ2v) is 76.2. The smallest absolute Gasteiger partial charge is 0.469 e. The molecule has 0 aromatic carbocycles. The Kier molecular flexibility index (Phi) is 80.8. The summed E-state index contributed by atoms with van der Waals surface area (Å²) in [5, 5.41) is 18.6. The van der Waals surface area contributed by atoms with E-state index in [1.54, 1.807) is 59.6 Å². The van der Waals surface area contributed by atoms with E-state index in [9.17, 15) is 50.7 Å². The van der Waals surface area contributed by atoms with Gasteiger partial charge < -0.3 is 51.5 Å². The zero-order valence-electron chi connectivity index (χ0n) is 95.8. The first kappa shape index (κ1) is 156. The molecule has 7 atom stereocenters. The summed E-state index contributed by atoms with van der Waals surface area (Å²) < 4.78 is 96.0. The average Bonchev–Trinajstić information content (AvgIpc) is 0.790. The Hall–Kier alpha value is -4.68. The lowest BCUT2D eigenvalue weighted by Gasteiger charge is -2.42. The lowest BCUT2D eigenvalue weighted by Crippen LogP contribution is -2.51. The van der Waals surface area contributed by atoms with E-state index in [1.165, 1.54) is 75.3 Å². The maximum absolute atomic E-state index is 12.5. The van der Waals surface area contributed by atoms with Crippen LogP contribution in [0.3, 0.4) is 0 Å². The number of aromatic nitrogens is 4. The molecule has 0 spiro atoms. The van der Waals surface area contributed by atoms with Crippen LogP contribution in [-0.2, 0) is 68.5 Å². The summed E-state index contributed by atoms with van der Waals surface area (Å²) in [5.41, 5.74) is 8.78. The number of alkyl halides is 3. The number of rotatable bonds is 42. The van der Waals surface area contributed by atoms with Crippen LogP contribution in [0.4, 0.5) is 13.2 Å². The zero-order valence-corrected chi connectivity index (χ0v) is 102. The number of esters is 1. The summed E-state index contributed by atoms with van der Waals surface area (Å²) in [6, 6.07) is 0. The fraction of sp³-hybridized carbons (Fsp3) is 0.820. The highest BCUT2D eigenvalue weighted by Crippen LogP contribution is 2.50. The first-order valence-electron chi connectivity index (χ1n) is 55.8. The topological polar surface area (TPSA) is 276 Å². The molecule has 150 heavy (non-hydrogen) atoms. The second-order valence-electron chi connectivity index (χ2n) is 47.2. The minimum atomic E-state index is -5.53. The Morgan fingerprint density at radius 2 is 0.787 bits per heavy atom. The van der Waals surface area contributed by atoms with Crippen molar-refractivity contribution in [2.24, 2.45) is 47.3 Å². The van der Waals surface area contributed by atoms with Crippen molar-refractivity contribution >= 4 is 75.5 Å². The van der Waals surface area contributed by atoms with Gasteiger partial charge in [0.1, 0.15) is 17.9 Å². The molecule has 0 saturated heterocycles. The highest BCUT2D eigenvalue weighted by Gasteiger charge is 2.57. The summed E-state index contributed by atoms with van der Waals surface area (Å²) in [5.74, 6) is 10.3. The fourth-order valence-electron chi connectivity index (χ4n) is 25.8. The third-order valence-corrected chi connectivity index (χ3v) is 65.6. The number of allylic oxidation sites excluding steroid dienone is 8. The molecule has 5 N–H and O–H groups in total. The summed E-state index contributed by atoms with van der Waals surface area (Å²) in [7, 11) is -14.1. The van der Waals surface area contributed by atoms with E-state index in [0.29, 0.717) is 120 Å². The highest BCUT2D eigenvalue weighted by atomic mass is 32.2. The van der Waals surface area contributed by atoms with Crippen molar-refractivity contribution in [3.63, 3.8) is 0 Å². The van der Waals surface area contributed by atoms with Crippen LogP contribution >= 0.6 is 0 Å². The van der Waals surface area contributed by atoms with Crippen molar-refractivity contribution in [1.82, 2.24) is 19.9 Å². The number of hydrogen-bond acceptors (Lipinski definition) is 16. The Bertz CT molecular complexity index is 4190. The van der Waals surface area contributed by atoms with Gasteiger partial charge in [0.15, 0.2) is 33.3 Å². The van der Waals surface area contributed by atoms with Crippen molar-refractivity contribution in [2.45, 2.75) is 560 Å². The molecule has 3 fully saturated rings. The number of nitrogens with zero attached hydrogens (tertiary/aromatic N) is 1. The van der Waals surface area contributed by atoms with Gasteiger partial charge in [-0.25, -0.2) is 9.78 Å². The molecule has 28 heteroatoms. The van der Waals surface area contributed by atoms with E-state index in [-0.39, 0.29) is 92.8 Å². The lowest BCUT2D eigenvalue weighted by atomic mass is 9.78. The first-order valence-corrected chi connectivity index (χ1v) is 67.9. The zero-order chi connectivity index (χ0) is 109. The van der Waals surface area contributed by atoms with Crippen LogP contribution in [-0.4, -0.2) is 156 Å². The maximum atomic E-state index is 12.5. The molecule has 19 nitrogen and oxygen atoms in total. The molecular weight excluding hydrogens is 1990 g/mol. The van der Waals surface area contributed by atoms with E-state index in [4.69, 9.17) is 44.3 Å². The molecule has 0 radical (unpaired) electrons. The van der Waals surface area contributed by atoms with Gasteiger partial charge in [-0.05, 0) is 315 Å². The van der Waals surface area contributed by atoms with Gasteiger partial charge in [-0.1, -0.05) is 308 Å². The van der Waals surface area contributed by atoms with Crippen LogP contribution in [0.5, 0.6) is 0 Å². The number of nitrogens with one attached hydrogen (secondary N) is 3. The number of ether oxygens (including phenoxy) is 1.